The third-order valence-electron chi connectivity index (χ3n) is 4.74. The minimum absolute atomic E-state index is 0.347. The van der Waals surface area contributed by atoms with Crippen LogP contribution in [0.3, 0.4) is 0 Å². The molecule has 0 atom stereocenters. The molecule has 4 heteroatoms. The molecular weight excluding hydrogens is 320 g/mol. The predicted molar refractivity (Wildman–Crippen MR) is 105 cm³/mol. The molecule has 4 nitrogen and oxygen atoms in total. The van der Waals surface area contributed by atoms with Gasteiger partial charge in [-0.3, -0.25) is 19.7 Å². The summed E-state index contributed by atoms with van der Waals surface area (Å²) in [5, 5.41) is 6.07. The summed E-state index contributed by atoms with van der Waals surface area (Å²) in [6.45, 7) is 14.8. The maximum absolute atomic E-state index is 7.42. The van der Waals surface area contributed by atoms with E-state index in [2.05, 4.69) is 43.9 Å². The van der Waals surface area contributed by atoms with Crippen molar-refractivity contribution >= 4 is 54.7 Å². The first-order valence-corrected chi connectivity index (χ1v) is 8.08. The highest BCUT2D eigenvalue weighted by atomic mass is 14.8. The van der Waals surface area contributed by atoms with Crippen molar-refractivity contribution in [3.8, 4) is 0 Å². The summed E-state index contributed by atoms with van der Waals surface area (Å²) in [6.07, 6.45) is 3.35. The summed E-state index contributed by atoms with van der Waals surface area (Å²) in [7, 11) is 0. The molecule has 0 aliphatic heterocycles. The summed E-state index contributed by atoms with van der Waals surface area (Å²) in [5.41, 5.74) is 2.28. The van der Waals surface area contributed by atoms with Crippen LogP contribution in [0, 0.1) is 13.1 Å². The highest BCUT2D eigenvalue weighted by Crippen LogP contribution is 2.41. The van der Waals surface area contributed by atoms with Gasteiger partial charge in [0.2, 0.25) is 0 Å². The molecule has 0 N–H and O–H groups in total. The Hall–Kier alpha value is -4.02. The molecule has 0 saturated heterocycles. The highest BCUT2D eigenvalue weighted by Gasteiger charge is 2.14. The van der Waals surface area contributed by atoms with Crippen LogP contribution in [0.15, 0.2) is 60.9 Å². The van der Waals surface area contributed by atoms with Gasteiger partial charge in [0.1, 0.15) is 0 Å². The van der Waals surface area contributed by atoms with Gasteiger partial charge in [-0.2, -0.15) is 0 Å². The van der Waals surface area contributed by atoms with Crippen molar-refractivity contribution in [2.75, 3.05) is 0 Å². The number of nitrogens with zero attached hydrogens (tertiary/aromatic N) is 4. The van der Waals surface area contributed by atoms with E-state index in [0.717, 1.165) is 43.4 Å². The second-order valence-corrected chi connectivity index (χ2v) is 6.11. The molecule has 5 rings (SSSR count). The Labute approximate surface area is 149 Å². The lowest BCUT2D eigenvalue weighted by atomic mass is 9.95. The van der Waals surface area contributed by atoms with Crippen LogP contribution in [0.4, 0.5) is 11.4 Å². The molecule has 0 unspecified atom stereocenters. The lowest BCUT2D eigenvalue weighted by Gasteiger charge is -2.11. The van der Waals surface area contributed by atoms with E-state index >= 15 is 0 Å². The standard InChI is InChI=1S/C22H10N4/c1-23-19-11-16-15-9-13-5-3-4-6-14(13)10-17(15)21-22(26-8-7-25-21)18(16)12-20(19)24-2/h3-12H. The molecule has 0 aliphatic carbocycles. The molecule has 0 saturated carbocycles. The average molecular weight is 330 g/mol. The smallest absolute Gasteiger partial charge is 0.195 e. The molecule has 1 heterocycles. The quantitative estimate of drug-likeness (QED) is 0.193. The van der Waals surface area contributed by atoms with E-state index in [0.29, 0.717) is 11.4 Å². The van der Waals surface area contributed by atoms with Crippen LogP contribution in [0.2, 0.25) is 0 Å². The number of hydrogen-bond acceptors (Lipinski definition) is 2. The monoisotopic (exact) mass is 330 g/mol. The summed E-state index contributed by atoms with van der Waals surface area (Å²) in [5.74, 6) is 0. The summed E-state index contributed by atoms with van der Waals surface area (Å²) < 4.78 is 0. The van der Waals surface area contributed by atoms with E-state index in [4.69, 9.17) is 13.1 Å². The molecule has 0 bridgehead atoms. The fourth-order valence-corrected chi connectivity index (χ4v) is 3.57. The zero-order valence-corrected chi connectivity index (χ0v) is 13.6. The number of benzene rings is 4. The minimum Gasteiger partial charge on any atom is -0.252 e. The van der Waals surface area contributed by atoms with Crippen molar-refractivity contribution in [3.63, 3.8) is 0 Å². The maximum atomic E-state index is 7.42. The van der Waals surface area contributed by atoms with Crippen LogP contribution in [-0.2, 0) is 0 Å². The van der Waals surface area contributed by atoms with E-state index in [9.17, 15) is 0 Å². The summed E-state index contributed by atoms with van der Waals surface area (Å²) >= 11 is 0. The molecule has 0 radical (unpaired) electrons. The largest absolute Gasteiger partial charge is 0.252 e. The molecule has 5 aromatic rings. The Kier molecular flexibility index (Phi) is 2.89. The van der Waals surface area contributed by atoms with Gasteiger partial charge in [-0.05, 0) is 39.1 Å². The molecule has 26 heavy (non-hydrogen) atoms. The average Bonchev–Trinajstić information content (AvgIpc) is 2.71. The van der Waals surface area contributed by atoms with Crippen molar-refractivity contribution in [2.45, 2.75) is 0 Å². The van der Waals surface area contributed by atoms with Crippen molar-refractivity contribution in [1.29, 1.82) is 0 Å². The first-order valence-electron chi connectivity index (χ1n) is 8.08. The Morgan fingerprint density at radius 1 is 0.615 bits per heavy atom. The van der Waals surface area contributed by atoms with Crippen LogP contribution in [0.5, 0.6) is 0 Å². The van der Waals surface area contributed by atoms with E-state index < -0.39 is 0 Å². The SMILES string of the molecule is [C-]#[N+]c1cc2c3cc4ccccc4cc3c3nccnc3c2cc1[N+]#[C-]. The number of aromatic nitrogens is 2. The molecule has 0 fully saturated rings. The first-order chi connectivity index (χ1) is 12.8. The predicted octanol–water partition coefficient (Wildman–Crippen LogP) is 6.19. The minimum atomic E-state index is 0.347. The molecule has 0 spiro atoms. The van der Waals surface area contributed by atoms with Gasteiger partial charge in [-0.15, -0.1) is 0 Å². The lowest BCUT2D eigenvalue weighted by molar-refractivity contribution is 1.31. The third kappa shape index (κ3) is 1.87. The van der Waals surface area contributed by atoms with Gasteiger partial charge < -0.3 is 0 Å². The topological polar surface area (TPSA) is 34.5 Å². The van der Waals surface area contributed by atoms with Gasteiger partial charge in [0.05, 0.1) is 24.2 Å². The van der Waals surface area contributed by atoms with E-state index in [1.165, 1.54) is 0 Å². The van der Waals surface area contributed by atoms with Gasteiger partial charge >= 0.3 is 0 Å². The van der Waals surface area contributed by atoms with E-state index in [1.807, 2.05) is 12.1 Å². The van der Waals surface area contributed by atoms with Gasteiger partial charge in [-0.25, -0.2) is 0 Å². The van der Waals surface area contributed by atoms with E-state index in [-0.39, 0.29) is 0 Å². The second-order valence-electron chi connectivity index (χ2n) is 6.11. The lowest BCUT2D eigenvalue weighted by Crippen LogP contribution is -1.89. The van der Waals surface area contributed by atoms with Crippen LogP contribution < -0.4 is 0 Å². The van der Waals surface area contributed by atoms with Crippen molar-refractivity contribution in [3.05, 3.63) is 83.8 Å². The Bertz CT molecular complexity index is 1450. The third-order valence-corrected chi connectivity index (χ3v) is 4.74. The number of fused-ring (bicyclic) bond motifs is 7. The second kappa shape index (κ2) is 5.24. The van der Waals surface area contributed by atoms with Gasteiger partial charge in [-0.1, -0.05) is 36.4 Å². The van der Waals surface area contributed by atoms with Crippen molar-refractivity contribution < 1.29 is 0 Å². The van der Waals surface area contributed by atoms with Crippen LogP contribution >= 0.6 is 0 Å². The first kappa shape index (κ1) is 14.3. The summed E-state index contributed by atoms with van der Waals surface area (Å²) in [6, 6.07) is 16.0. The van der Waals surface area contributed by atoms with Crippen molar-refractivity contribution in [1.82, 2.24) is 9.97 Å². The van der Waals surface area contributed by atoms with Crippen molar-refractivity contribution in [2.24, 2.45) is 0 Å². The molecule has 0 aliphatic rings. The fourth-order valence-electron chi connectivity index (χ4n) is 3.57. The zero-order chi connectivity index (χ0) is 17.7. The molecular formula is C22H10N4. The number of rotatable bonds is 0. The maximum Gasteiger partial charge on any atom is 0.195 e. The Morgan fingerprint density at radius 2 is 1.08 bits per heavy atom. The normalized spacial score (nSPS) is 11.0. The molecule has 118 valence electrons. The van der Waals surface area contributed by atoms with Crippen LogP contribution in [-0.4, -0.2) is 9.97 Å². The summed E-state index contributed by atoms with van der Waals surface area (Å²) in [4.78, 5) is 16.1. The van der Waals surface area contributed by atoms with Gasteiger partial charge in [0, 0.05) is 17.8 Å². The van der Waals surface area contributed by atoms with Gasteiger partial charge in [0.25, 0.3) is 0 Å². The van der Waals surface area contributed by atoms with Crippen LogP contribution in [0.25, 0.3) is 53.0 Å². The van der Waals surface area contributed by atoms with Gasteiger partial charge in [0.15, 0.2) is 11.4 Å². The van der Waals surface area contributed by atoms with E-state index in [1.54, 1.807) is 24.5 Å². The molecule has 4 aromatic carbocycles. The molecule has 0 amide bonds. The highest BCUT2D eigenvalue weighted by molar-refractivity contribution is 6.26. The molecule has 1 aromatic heterocycles. The number of hydrogen-bond donors (Lipinski definition) is 0. The van der Waals surface area contributed by atoms with Crippen LogP contribution in [0.1, 0.15) is 0 Å². The fraction of sp³-hybridized carbons (Fsp3) is 0. The zero-order valence-electron chi connectivity index (χ0n) is 13.6. The Balaban J connectivity index is 2.14. The Morgan fingerprint density at radius 3 is 1.65 bits per heavy atom.